The van der Waals surface area contributed by atoms with E-state index < -0.39 is 5.97 Å². The van der Waals surface area contributed by atoms with Crippen molar-refractivity contribution in [1.82, 2.24) is 4.98 Å². The van der Waals surface area contributed by atoms with E-state index in [0.29, 0.717) is 11.3 Å². The Bertz CT molecular complexity index is 328. The molecular weight excluding hydrogens is 213 g/mol. The van der Waals surface area contributed by atoms with Gasteiger partial charge in [-0.25, -0.2) is 4.79 Å². The summed E-state index contributed by atoms with van der Waals surface area (Å²) in [4.78, 5) is 14.4. The Labute approximate surface area is 85.3 Å². The number of carbonyl (C=O) groups is 1. The molecule has 0 saturated heterocycles. The van der Waals surface area contributed by atoms with Gasteiger partial charge in [0.25, 0.3) is 0 Å². The van der Waals surface area contributed by atoms with Crippen molar-refractivity contribution in [2.45, 2.75) is 11.8 Å². The molecule has 5 heteroatoms. The van der Waals surface area contributed by atoms with Crippen molar-refractivity contribution < 1.29 is 9.90 Å². The Morgan fingerprint density at radius 1 is 1.46 bits per heavy atom. The highest BCUT2D eigenvalue weighted by Crippen LogP contribution is 2.13. The number of carboxylic acid groups (broad SMARTS) is 1. The lowest BCUT2D eigenvalue weighted by molar-refractivity contribution is 0.0696. The van der Waals surface area contributed by atoms with Gasteiger partial charge in [0.15, 0.2) is 0 Å². The largest absolute Gasteiger partial charge is 0.478 e. The number of nitrogens with zero attached hydrogens (tertiary/aromatic N) is 1. The molecule has 0 aliphatic carbocycles. The molecule has 0 amide bonds. The average molecular weight is 220 g/mol. The van der Waals surface area contributed by atoms with Crippen LogP contribution in [0, 0.1) is 0 Å². The van der Waals surface area contributed by atoms with Crippen LogP contribution in [0.2, 0.25) is 0 Å². The van der Waals surface area contributed by atoms with Gasteiger partial charge in [-0.1, -0.05) is 0 Å². The molecular formula is C8H7Cl2NO2. The van der Waals surface area contributed by atoms with Gasteiger partial charge in [-0.05, 0) is 11.6 Å². The van der Waals surface area contributed by atoms with Crippen molar-refractivity contribution in [2.24, 2.45) is 0 Å². The van der Waals surface area contributed by atoms with Crippen LogP contribution >= 0.6 is 23.2 Å². The smallest absolute Gasteiger partial charge is 0.337 e. The van der Waals surface area contributed by atoms with E-state index in [0.717, 1.165) is 0 Å². The summed E-state index contributed by atoms with van der Waals surface area (Å²) in [5.74, 6) is -0.557. The number of rotatable bonds is 3. The second-order valence-electron chi connectivity index (χ2n) is 2.40. The Hall–Kier alpha value is -0.800. The molecule has 1 N–H and O–H groups in total. The molecule has 1 heterocycles. The molecule has 0 spiro atoms. The second kappa shape index (κ2) is 4.44. The summed E-state index contributed by atoms with van der Waals surface area (Å²) in [6, 6.07) is 1.49. The summed E-state index contributed by atoms with van der Waals surface area (Å²) < 4.78 is 0. The Morgan fingerprint density at radius 3 is 2.62 bits per heavy atom. The van der Waals surface area contributed by atoms with Gasteiger partial charge < -0.3 is 5.11 Å². The number of halogens is 2. The van der Waals surface area contributed by atoms with Crippen molar-refractivity contribution in [3.8, 4) is 0 Å². The third kappa shape index (κ3) is 2.32. The fraction of sp³-hybridized carbons (Fsp3) is 0.250. The topological polar surface area (TPSA) is 50.2 Å². The quantitative estimate of drug-likeness (QED) is 0.794. The van der Waals surface area contributed by atoms with Gasteiger partial charge in [-0.2, -0.15) is 0 Å². The van der Waals surface area contributed by atoms with Crippen LogP contribution in [0.25, 0.3) is 0 Å². The first-order valence-corrected chi connectivity index (χ1v) is 4.59. The molecule has 0 fully saturated rings. The summed E-state index contributed by atoms with van der Waals surface area (Å²) >= 11 is 11.2. The lowest BCUT2D eigenvalue weighted by Gasteiger charge is -2.03. The minimum atomic E-state index is -1.01. The Kier molecular flexibility index (Phi) is 3.51. The van der Waals surface area contributed by atoms with Crippen LogP contribution in [0.1, 0.15) is 21.6 Å². The fourth-order valence-electron chi connectivity index (χ4n) is 0.892. The van der Waals surface area contributed by atoms with Crippen molar-refractivity contribution in [3.05, 3.63) is 29.1 Å². The van der Waals surface area contributed by atoms with Crippen LogP contribution in [0.3, 0.4) is 0 Å². The zero-order chi connectivity index (χ0) is 9.84. The maximum Gasteiger partial charge on any atom is 0.337 e. The first kappa shape index (κ1) is 10.3. The summed E-state index contributed by atoms with van der Waals surface area (Å²) in [7, 11) is 0. The van der Waals surface area contributed by atoms with E-state index in [-0.39, 0.29) is 17.3 Å². The summed E-state index contributed by atoms with van der Waals surface area (Å²) in [5.41, 5.74) is 1.42. The average Bonchev–Trinajstić information content (AvgIpc) is 2.16. The Balaban J connectivity index is 3.13. The van der Waals surface area contributed by atoms with E-state index in [1.807, 2.05) is 0 Å². The van der Waals surface area contributed by atoms with Crippen molar-refractivity contribution in [1.29, 1.82) is 0 Å². The number of aromatic carboxylic acids is 1. The normalized spacial score (nSPS) is 10.0. The van der Waals surface area contributed by atoms with Crippen LogP contribution in [0.4, 0.5) is 0 Å². The van der Waals surface area contributed by atoms with Crippen molar-refractivity contribution >= 4 is 29.2 Å². The number of alkyl halides is 2. The zero-order valence-corrected chi connectivity index (χ0v) is 8.14. The fourth-order valence-corrected chi connectivity index (χ4v) is 1.36. The van der Waals surface area contributed by atoms with E-state index in [1.54, 1.807) is 0 Å². The molecule has 0 radical (unpaired) electrons. The highest BCUT2D eigenvalue weighted by molar-refractivity contribution is 6.18. The number of pyridine rings is 1. The molecule has 70 valence electrons. The molecule has 0 aliphatic heterocycles. The van der Waals surface area contributed by atoms with Crippen LogP contribution < -0.4 is 0 Å². The monoisotopic (exact) mass is 219 g/mol. The highest BCUT2D eigenvalue weighted by atomic mass is 35.5. The van der Waals surface area contributed by atoms with Crippen LogP contribution in [0.15, 0.2) is 12.3 Å². The molecule has 0 saturated carbocycles. The first-order valence-electron chi connectivity index (χ1n) is 3.52. The molecule has 1 rings (SSSR count). The molecule has 1 aromatic heterocycles. The SMILES string of the molecule is O=C(O)c1cnc(CCl)c(CCl)c1. The number of carboxylic acids is 1. The first-order chi connectivity index (χ1) is 6.19. The summed E-state index contributed by atoms with van der Waals surface area (Å²) in [6.07, 6.45) is 1.27. The predicted molar refractivity (Wildman–Crippen MR) is 50.3 cm³/mol. The second-order valence-corrected chi connectivity index (χ2v) is 2.94. The summed E-state index contributed by atoms with van der Waals surface area (Å²) in [6.45, 7) is 0. The molecule has 3 nitrogen and oxygen atoms in total. The number of aromatic nitrogens is 1. The minimum absolute atomic E-state index is 0.129. The van der Waals surface area contributed by atoms with E-state index in [2.05, 4.69) is 4.98 Å². The van der Waals surface area contributed by atoms with Crippen LogP contribution in [-0.4, -0.2) is 16.1 Å². The number of hydrogen-bond donors (Lipinski definition) is 1. The van der Waals surface area contributed by atoms with Gasteiger partial charge in [0.1, 0.15) is 0 Å². The third-order valence-electron chi connectivity index (χ3n) is 1.58. The van der Waals surface area contributed by atoms with E-state index >= 15 is 0 Å². The number of hydrogen-bond acceptors (Lipinski definition) is 2. The molecule has 0 bridgehead atoms. The van der Waals surface area contributed by atoms with E-state index in [4.69, 9.17) is 28.3 Å². The van der Waals surface area contributed by atoms with E-state index in [1.165, 1.54) is 12.3 Å². The molecule has 0 atom stereocenters. The predicted octanol–water partition coefficient (Wildman–Crippen LogP) is 2.26. The van der Waals surface area contributed by atoms with Gasteiger partial charge >= 0.3 is 5.97 Å². The molecule has 0 aliphatic rings. The molecule has 1 aromatic rings. The summed E-state index contributed by atoms with van der Waals surface area (Å²) in [5, 5.41) is 8.65. The molecule has 13 heavy (non-hydrogen) atoms. The maximum absolute atomic E-state index is 10.6. The Morgan fingerprint density at radius 2 is 2.15 bits per heavy atom. The lowest BCUT2D eigenvalue weighted by Crippen LogP contribution is -2.01. The molecule has 0 aromatic carbocycles. The van der Waals surface area contributed by atoms with Crippen LogP contribution in [-0.2, 0) is 11.8 Å². The van der Waals surface area contributed by atoms with E-state index in [9.17, 15) is 4.79 Å². The van der Waals surface area contributed by atoms with Crippen molar-refractivity contribution in [3.63, 3.8) is 0 Å². The van der Waals surface area contributed by atoms with Gasteiger partial charge in [-0.3, -0.25) is 4.98 Å². The van der Waals surface area contributed by atoms with Crippen LogP contribution in [0.5, 0.6) is 0 Å². The lowest BCUT2D eigenvalue weighted by atomic mass is 10.1. The maximum atomic E-state index is 10.6. The third-order valence-corrected chi connectivity index (χ3v) is 2.12. The highest BCUT2D eigenvalue weighted by Gasteiger charge is 2.08. The molecule has 0 unspecified atom stereocenters. The van der Waals surface area contributed by atoms with Gasteiger partial charge in [-0.15, -0.1) is 23.2 Å². The van der Waals surface area contributed by atoms with Gasteiger partial charge in [0, 0.05) is 12.1 Å². The standard InChI is InChI=1S/C8H7Cl2NO2/c9-2-5-1-6(8(12)13)4-11-7(5)3-10/h1,4H,2-3H2,(H,12,13). The zero-order valence-electron chi connectivity index (χ0n) is 6.63. The van der Waals surface area contributed by atoms with Crippen molar-refractivity contribution in [2.75, 3.05) is 0 Å². The van der Waals surface area contributed by atoms with Gasteiger partial charge in [0.05, 0.1) is 17.1 Å². The minimum Gasteiger partial charge on any atom is -0.478 e. The van der Waals surface area contributed by atoms with Gasteiger partial charge in [0.2, 0.25) is 0 Å².